The molecule has 0 bridgehead atoms. The van der Waals surface area contributed by atoms with Gasteiger partial charge in [0.25, 0.3) is 0 Å². The normalized spacial score (nSPS) is 10.2. The number of carbonyl (C=O) groups excluding carboxylic acids is 3. The van der Waals surface area contributed by atoms with Crippen molar-refractivity contribution in [2.24, 2.45) is 0 Å². The third kappa shape index (κ3) is 5.30. The van der Waals surface area contributed by atoms with Crippen LogP contribution in [0.1, 0.15) is 38.9 Å². The average molecular weight is 391 g/mol. The Kier molecular flexibility index (Phi) is 7.36. The number of para-hydroxylation sites is 1. The van der Waals surface area contributed by atoms with E-state index >= 15 is 0 Å². The summed E-state index contributed by atoms with van der Waals surface area (Å²) in [5.41, 5.74) is 0.584. The second-order valence-electron chi connectivity index (χ2n) is 5.43. The molecule has 2 aromatic rings. The molecule has 0 fully saturated rings. The lowest BCUT2D eigenvalue weighted by molar-refractivity contribution is -0.116. The number of carbonyl (C=O) groups is 3. The molecule has 0 saturated heterocycles. The van der Waals surface area contributed by atoms with E-state index in [1.54, 1.807) is 26.0 Å². The third-order valence-electron chi connectivity index (χ3n) is 3.59. The van der Waals surface area contributed by atoms with E-state index in [1.807, 2.05) is 18.2 Å². The fraction of sp³-hybridized carbons (Fsp3) is 0.316. The first-order chi connectivity index (χ1) is 13.0. The number of anilines is 1. The Balaban J connectivity index is 2.10. The molecule has 1 amide bonds. The lowest BCUT2D eigenvalue weighted by atomic mass is 10.1. The number of esters is 2. The lowest BCUT2D eigenvalue weighted by Crippen LogP contribution is -2.17. The van der Waals surface area contributed by atoms with Gasteiger partial charge in [0.15, 0.2) is 0 Å². The van der Waals surface area contributed by atoms with Gasteiger partial charge in [-0.3, -0.25) is 4.79 Å². The summed E-state index contributed by atoms with van der Waals surface area (Å²) in [7, 11) is 1.25. The van der Waals surface area contributed by atoms with E-state index < -0.39 is 11.9 Å². The largest absolute Gasteiger partial charge is 0.493 e. The molecule has 7 nitrogen and oxygen atoms in total. The van der Waals surface area contributed by atoms with Crippen molar-refractivity contribution >= 4 is 34.2 Å². The van der Waals surface area contributed by atoms with E-state index in [0.717, 1.165) is 11.3 Å². The first-order valence-corrected chi connectivity index (χ1v) is 9.16. The number of nitrogens with one attached hydrogen (secondary N) is 1. The van der Waals surface area contributed by atoms with Crippen molar-refractivity contribution < 1.29 is 28.6 Å². The van der Waals surface area contributed by atoms with Crippen LogP contribution in [0.3, 0.4) is 0 Å². The van der Waals surface area contributed by atoms with Crippen LogP contribution in [-0.4, -0.2) is 38.2 Å². The second kappa shape index (κ2) is 9.72. The topological polar surface area (TPSA) is 90.9 Å². The minimum absolute atomic E-state index is 0.0850. The van der Waals surface area contributed by atoms with E-state index in [-0.39, 0.29) is 41.0 Å². The zero-order chi connectivity index (χ0) is 19.8. The molecule has 0 radical (unpaired) electrons. The molecule has 0 spiro atoms. The molecular weight excluding hydrogens is 370 g/mol. The van der Waals surface area contributed by atoms with Gasteiger partial charge in [-0.25, -0.2) is 9.59 Å². The average Bonchev–Trinajstić information content (AvgIpc) is 2.98. The molecule has 0 aliphatic carbocycles. The summed E-state index contributed by atoms with van der Waals surface area (Å²) in [5, 5.41) is 2.93. The van der Waals surface area contributed by atoms with Crippen molar-refractivity contribution in [3.05, 3.63) is 46.3 Å². The Morgan fingerprint density at radius 2 is 1.81 bits per heavy atom. The number of amides is 1. The van der Waals surface area contributed by atoms with Crippen molar-refractivity contribution in [1.82, 2.24) is 0 Å². The smallest absolute Gasteiger partial charge is 0.348 e. The summed E-state index contributed by atoms with van der Waals surface area (Å²) in [5.74, 6) is -0.847. The highest BCUT2D eigenvalue weighted by molar-refractivity contribution is 7.18. The molecule has 0 saturated carbocycles. The molecule has 144 valence electrons. The highest BCUT2D eigenvalue weighted by Crippen LogP contribution is 2.34. The van der Waals surface area contributed by atoms with Crippen LogP contribution in [0.5, 0.6) is 5.75 Å². The standard InChI is InChI=1S/C19H21NO6S/c1-4-25-18(22)15-12(2)16(19(23)24-3)27-17(15)20-14(21)10-11-26-13-8-6-5-7-9-13/h5-9H,4,10-11H2,1-3H3,(H,20,21). The van der Waals surface area contributed by atoms with Gasteiger partial charge in [-0.05, 0) is 31.5 Å². The Morgan fingerprint density at radius 1 is 1.11 bits per heavy atom. The Hall–Kier alpha value is -2.87. The summed E-state index contributed by atoms with van der Waals surface area (Å²) in [6.45, 7) is 3.65. The van der Waals surface area contributed by atoms with Crippen LogP contribution in [0.4, 0.5) is 5.00 Å². The molecule has 2 rings (SSSR count). The molecule has 1 aromatic carbocycles. The minimum Gasteiger partial charge on any atom is -0.493 e. The molecule has 27 heavy (non-hydrogen) atoms. The lowest BCUT2D eigenvalue weighted by Gasteiger charge is -2.08. The van der Waals surface area contributed by atoms with Crippen molar-refractivity contribution in [3.8, 4) is 5.75 Å². The zero-order valence-electron chi connectivity index (χ0n) is 15.4. The van der Waals surface area contributed by atoms with E-state index in [4.69, 9.17) is 14.2 Å². The van der Waals surface area contributed by atoms with E-state index in [2.05, 4.69) is 5.32 Å². The quantitative estimate of drug-likeness (QED) is 0.694. The monoisotopic (exact) mass is 391 g/mol. The first-order valence-electron chi connectivity index (χ1n) is 8.34. The van der Waals surface area contributed by atoms with E-state index in [9.17, 15) is 14.4 Å². The molecule has 0 aliphatic heterocycles. The van der Waals surface area contributed by atoms with Crippen molar-refractivity contribution in [1.29, 1.82) is 0 Å². The van der Waals surface area contributed by atoms with E-state index in [0.29, 0.717) is 11.3 Å². The first kappa shape index (κ1) is 20.4. The molecule has 0 unspecified atom stereocenters. The van der Waals surface area contributed by atoms with Crippen LogP contribution in [0, 0.1) is 6.92 Å². The molecule has 1 N–H and O–H groups in total. The zero-order valence-corrected chi connectivity index (χ0v) is 16.2. The van der Waals surface area contributed by atoms with Gasteiger partial charge in [-0.2, -0.15) is 0 Å². The minimum atomic E-state index is -0.600. The fourth-order valence-electron chi connectivity index (χ4n) is 2.31. The maximum absolute atomic E-state index is 12.2. The molecule has 8 heteroatoms. The maximum atomic E-state index is 12.2. The number of hydrogen-bond acceptors (Lipinski definition) is 7. The number of benzene rings is 1. The Bertz CT molecular complexity index is 815. The summed E-state index contributed by atoms with van der Waals surface area (Å²) >= 11 is 0.983. The van der Waals surface area contributed by atoms with Crippen LogP contribution in [0.25, 0.3) is 0 Å². The molecule has 0 atom stereocenters. The summed E-state index contributed by atoms with van der Waals surface area (Å²) in [6.07, 6.45) is 0.0850. The second-order valence-corrected chi connectivity index (χ2v) is 6.45. The fourth-order valence-corrected chi connectivity index (χ4v) is 3.43. The van der Waals surface area contributed by atoms with Gasteiger partial charge >= 0.3 is 11.9 Å². The maximum Gasteiger partial charge on any atom is 0.348 e. The number of methoxy groups -OCH3 is 1. The molecular formula is C19H21NO6S. The Morgan fingerprint density at radius 3 is 2.44 bits per heavy atom. The van der Waals surface area contributed by atoms with Gasteiger partial charge in [-0.15, -0.1) is 11.3 Å². The van der Waals surface area contributed by atoms with E-state index in [1.165, 1.54) is 7.11 Å². The summed E-state index contributed by atoms with van der Waals surface area (Å²) in [6, 6.07) is 9.13. The van der Waals surface area contributed by atoms with Gasteiger partial charge < -0.3 is 19.5 Å². The van der Waals surface area contributed by atoms with Gasteiger partial charge in [0.2, 0.25) is 5.91 Å². The van der Waals surface area contributed by atoms with Crippen LogP contribution < -0.4 is 10.1 Å². The third-order valence-corrected chi connectivity index (χ3v) is 4.78. The van der Waals surface area contributed by atoms with Gasteiger partial charge in [0.1, 0.15) is 15.6 Å². The number of thiophene rings is 1. The van der Waals surface area contributed by atoms with Crippen LogP contribution >= 0.6 is 11.3 Å². The van der Waals surface area contributed by atoms with Gasteiger partial charge in [0.05, 0.1) is 32.3 Å². The summed E-state index contributed by atoms with van der Waals surface area (Å²) in [4.78, 5) is 36.6. The van der Waals surface area contributed by atoms with Crippen LogP contribution in [-0.2, 0) is 14.3 Å². The number of rotatable bonds is 8. The predicted octanol–water partition coefficient (Wildman–Crippen LogP) is 3.43. The van der Waals surface area contributed by atoms with Crippen molar-refractivity contribution in [2.45, 2.75) is 20.3 Å². The van der Waals surface area contributed by atoms with Crippen LogP contribution in [0.2, 0.25) is 0 Å². The van der Waals surface area contributed by atoms with Gasteiger partial charge in [0, 0.05) is 0 Å². The molecule has 1 heterocycles. The van der Waals surface area contributed by atoms with Crippen molar-refractivity contribution in [2.75, 3.05) is 25.6 Å². The highest BCUT2D eigenvalue weighted by Gasteiger charge is 2.27. The predicted molar refractivity (Wildman–Crippen MR) is 102 cm³/mol. The SMILES string of the molecule is CCOC(=O)c1c(NC(=O)CCOc2ccccc2)sc(C(=O)OC)c1C. The van der Waals surface area contributed by atoms with Gasteiger partial charge in [-0.1, -0.05) is 18.2 Å². The molecule has 0 aliphatic rings. The van der Waals surface area contributed by atoms with Crippen LogP contribution in [0.15, 0.2) is 30.3 Å². The Labute approximate surface area is 161 Å². The number of ether oxygens (including phenoxy) is 3. The highest BCUT2D eigenvalue weighted by atomic mass is 32.1. The number of hydrogen-bond donors (Lipinski definition) is 1. The van der Waals surface area contributed by atoms with Crippen molar-refractivity contribution in [3.63, 3.8) is 0 Å². The molecule has 1 aromatic heterocycles. The summed E-state index contributed by atoms with van der Waals surface area (Å²) < 4.78 is 15.3.